The van der Waals surface area contributed by atoms with Crippen molar-refractivity contribution in [3.63, 3.8) is 0 Å². The highest BCUT2D eigenvalue weighted by Crippen LogP contribution is 2.32. The van der Waals surface area contributed by atoms with E-state index in [1.54, 1.807) is 18.2 Å². The number of halogens is 3. The zero-order valence-electron chi connectivity index (χ0n) is 10.5. The third-order valence-electron chi connectivity index (χ3n) is 2.88. The summed E-state index contributed by atoms with van der Waals surface area (Å²) in [6.07, 6.45) is 0. The Balaban J connectivity index is 2.20. The molecule has 3 rings (SSSR count). The first-order valence-electron chi connectivity index (χ1n) is 5.86. The third kappa shape index (κ3) is 2.43. The zero-order valence-corrected chi connectivity index (χ0v) is 12.0. The molecule has 0 atom stereocenters. The molecule has 0 saturated heterocycles. The summed E-state index contributed by atoms with van der Waals surface area (Å²) in [5.41, 5.74) is 7.19. The molecule has 0 aliphatic rings. The van der Waals surface area contributed by atoms with Crippen molar-refractivity contribution in [3.8, 4) is 17.1 Å². The molecule has 0 aliphatic heterocycles. The minimum atomic E-state index is -0.444. The fourth-order valence-corrected chi connectivity index (χ4v) is 2.35. The highest BCUT2D eigenvalue weighted by atomic mass is 35.5. The molecular weight excluding hydrogens is 316 g/mol. The number of aromatic nitrogens is 4. The highest BCUT2D eigenvalue weighted by Gasteiger charge is 2.17. The Morgan fingerprint density at radius 2 is 1.95 bits per heavy atom. The van der Waals surface area contributed by atoms with Gasteiger partial charge in [0.2, 0.25) is 0 Å². The van der Waals surface area contributed by atoms with E-state index in [4.69, 9.17) is 28.9 Å². The lowest BCUT2D eigenvalue weighted by Gasteiger charge is -2.08. The van der Waals surface area contributed by atoms with Gasteiger partial charge in [0.15, 0.2) is 5.82 Å². The van der Waals surface area contributed by atoms with E-state index in [1.807, 2.05) is 0 Å². The molecule has 2 aromatic carbocycles. The maximum Gasteiger partial charge on any atom is 0.188 e. The molecule has 8 heteroatoms. The lowest BCUT2D eigenvalue weighted by molar-refractivity contribution is 0.627. The van der Waals surface area contributed by atoms with Gasteiger partial charge in [0, 0.05) is 5.56 Å². The summed E-state index contributed by atoms with van der Waals surface area (Å²) in [6.45, 7) is 0. The van der Waals surface area contributed by atoms with Crippen LogP contribution in [0, 0.1) is 5.82 Å². The van der Waals surface area contributed by atoms with Gasteiger partial charge in [0.1, 0.15) is 5.82 Å². The van der Waals surface area contributed by atoms with Crippen LogP contribution in [0.5, 0.6) is 0 Å². The van der Waals surface area contributed by atoms with E-state index in [-0.39, 0.29) is 5.02 Å². The van der Waals surface area contributed by atoms with Crippen molar-refractivity contribution in [1.82, 2.24) is 20.2 Å². The number of rotatable bonds is 2. The normalized spacial score (nSPS) is 10.8. The van der Waals surface area contributed by atoms with Gasteiger partial charge in [-0.05, 0) is 40.8 Å². The van der Waals surface area contributed by atoms with E-state index in [2.05, 4.69) is 15.5 Å². The lowest BCUT2D eigenvalue weighted by atomic mass is 10.2. The molecular formula is C13H8Cl2FN5. The Bertz CT molecular complexity index is 818. The zero-order chi connectivity index (χ0) is 15.0. The quantitative estimate of drug-likeness (QED) is 0.734. The second kappa shape index (κ2) is 5.31. The first-order valence-corrected chi connectivity index (χ1v) is 6.61. The standard InChI is InChI=1S/C13H8Cl2FN5/c14-9-6-7(16)4-5-11(9)21-13(18-19-20-21)8-2-1-3-10(17)12(8)15/h1-6H,17H2. The van der Waals surface area contributed by atoms with Crippen LogP contribution in [0.2, 0.25) is 10.0 Å². The average molecular weight is 324 g/mol. The van der Waals surface area contributed by atoms with Crippen molar-refractivity contribution >= 4 is 28.9 Å². The molecule has 0 fully saturated rings. The number of hydrogen-bond donors (Lipinski definition) is 1. The summed E-state index contributed by atoms with van der Waals surface area (Å²) in [5.74, 6) is -0.0822. The number of nitrogen functional groups attached to an aromatic ring is 1. The summed E-state index contributed by atoms with van der Waals surface area (Å²) < 4.78 is 14.5. The molecule has 0 radical (unpaired) electrons. The molecule has 1 aromatic heterocycles. The SMILES string of the molecule is Nc1cccc(-c2nnnn2-c2ccc(F)cc2Cl)c1Cl. The van der Waals surface area contributed by atoms with Crippen molar-refractivity contribution in [1.29, 1.82) is 0 Å². The number of anilines is 1. The molecule has 0 amide bonds. The van der Waals surface area contributed by atoms with Crippen molar-refractivity contribution in [2.45, 2.75) is 0 Å². The van der Waals surface area contributed by atoms with E-state index in [0.29, 0.717) is 27.8 Å². The van der Waals surface area contributed by atoms with Gasteiger partial charge in [0.05, 0.1) is 21.4 Å². The number of nitrogens with zero attached hydrogens (tertiary/aromatic N) is 4. The smallest absolute Gasteiger partial charge is 0.188 e. The second-order valence-corrected chi connectivity index (χ2v) is 5.00. The van der Waals surface area contributed by atoms with Crippen LogP contribution >= 0.6 is 23.2 Å². The predicted octanol–water partition coefficient (Wildman–Crippen LogP) is 3.36. The molecule has 0 unspecified atom stereocenters. The Morgan fingerprint density at radius 1 is 1.14 bits per heavy atom. The molecule has 21 heavy (non-hydrogen) atoms. The summed E-state index contributed by atoms with van der Waals surface area (Å²) in [6, 6.07) is 9.08. The van der Waals surface area contributed by atoms with Crippen LogP contribution in [0.4, 0.5) is 10.1 Å². The van der Waals surface area contributed by atoms with Crippen molar-refractivity contribution < 1.29 is 4.39 Å². The van der Waals surface area contributed by atoms with Crippen LogP contribution in [0.25, 0.3) is 17.1 Å². The maximum atomic E-state index is 13.1. The van der Waals surface area contributed by atoms with Gasteiger partial charge in [-0.2, -0.15) is 4.68 Å². The molecule has 0 aliphatic carbocycles. The summed E-state index contributed by atoms with van der Waals surface area (Å²) in [4.78, 5) is 0. The Labute approximate surface area is 129 Å². The molecule has 106 valence electrons. The minimum absolute atomic E-state index is 0.184. The van der Waals surface area contributed by atoms with E-state index >= 15 is 0 Å². The molecule has 1 heterocycles. The molecule has 5 nitrogen and oxygen atoms in total. The highest BCUT2D eigenvalue weighted by molar-refractivity contribution is 6.35. The van der Waals surface area contributed by atoms with Gasteiger partial charge in [-0.15, -0.1) is 5.10 Å². The van der Waals surface area contributed by atoms with Crippen LogP contribution in [0.3, 0.4) is 0 Å². The summed E-state index contributed by atoms with van der Waals surface area (Å²) in [5, 5.41) is 12.0. The fourth-order valence-electron chi connectivity index (χ4n) is 1.89. The Morgan fingerprint density at radius 3 is 2.71 bits per heavy atom. The van der Waals surface area contributed by atoms with E-state index in [0.717, 1.165) is 0 Å². The molecule has 0 bridgehead atoms. The molecule has 0 saturated carbocycles. The first-order chi connectivity index (χ1) is 10.1. The van der Waals surface area contributed by atoms with Crippen LogP contribution in [0.1, 0.15) is 0 Å². The summed E-state index contributed by atoms with van der Waals surface area (Å²) in [7, 11) is 0. The Hall–Kier alpha value is -2.18. The lowest BCUT2D eigenvalue weighted by Crippen LogP contribution is -2.02. The van der Waals surface area contributed by atoms with Crippen LogP contribution in [-0.4, -0.2) is 20.2 Å². The number of tetrazole rings is 1. The van der Waals surface area contributed by atoms with Crippen LogP contribution in [-0.2, 0) is 0 Å². The van der Waals surface area contributed by atoms with Gasteiger partial charge in [-0.1, -0.05) is 29.3 Å². The van der Waals surface area contributed by atoms with E-state index < -0.39 is 5.82 Å². The second-order valence-electron chi connectivity index (χ2n) is 4.22. The van der Waals surface area contributed by atoms with Gasteiger partial charge in [-0.3, -0.25) is 0 Å². The van der Waals surface area contributed by atoms with Crippen molar-refractivity contribution in [2.24, 2.45) is 0 Å². The monoisotopic (exact) mass is 323 g/mol. The summed E-state index contributed by atoms with van der Waals surface area (Å²) >= 11 is 12.2. The van der Waals surface area contributed by atoms with Crippen LogP contribution < -0.4 is 5.73 Å². The van der Waals surface area contributed by atoms with Gasteiger partial charge < -0.3 is 5.73 Å². The molecule has 0 spiro atoms. The van der Waals surface area contributed by atoms with E-state index in [1.165, 1.54) is 22.9 Å². The largest absolute Gasteiger partial charge is 0.398 e. The fraction of sp³-hybridized carbons (Fsp3) is 0. The Kier molecular flexibility index (Phi) is 3.48. The number of benzene rings is 2. The van der Waals surface area contributed by atoms with Gasteiger partial charge in [-0.25, -0.2) is 4.39 Å². The molecule has 3 aromatic rings. The van der Waals surface area contributed by atoms with Crippen LogP contribution in [0.15, 0.2) is 36.4 Å². The minimum Gasteiger partial charge on any atom is -0.398 e. The predicted molar refractivity (Wildman–Crippen MR) is 79.0 cm³/mol. The number of hydrogen-bond acceptors (Lipinski definition) is 4. The topological polar surface area (TPSA) is 69.6 Å². The molecule has 2 N–H and O–H groups in total. The third-order valence-corrected chi connectivity index (χ3v) is 3.60. The average Bonchev–Trinajstić information content (AvgIpc) is 2.91. The van der Waals surface area contributed by atoms with Gasteiger partial charge >= 0.3 is 0 Å². The van der Waals surface area contributed by atoms with E-state index in [9.17, 15) is 4.39 Å². The number of nitrogens with two attached hydrogens (primary N) is 1. The maximum absolute atomic E-state index is 13.1. The van der Waals surface area contributed by atoms with Crippen molar-refractivity contribution in [2.75, 3.05) is 5.73 Å². The first kappa shape index (κ1) is 13.8. The van der Waals surface area contributed by atoms with Gasteiger partial charge in [0.25, 0.3) is 0 Å². The van der Waals surface area contributed by atoms with Crippen molar-refractivity contribution in [3.05, 3.63) is 52.3 Å².